The maximum Gasteiger partial charge on any atom is 0.326 e. The van der Waals surface area contributed by atoms with E-state index in [1.165, 1.54) is 17.7 Å². The number of carbonyl (C=O) groups excluding carboxylic acids is 1. The minimum absolute atomic E-state index is 0.302. The average molecular weight is 226 g/mol. The molecule has 2 aromatic heterocycles. The van der Waals surface area contributed by atoms with Crippen LogP contribution < -0.4 is 10.6 Å². The largest absolute Gasteiger partial charge is 0.326 e. The first-order valence-corrected chi connectivity index (χ1v) is 5.38. The van der Waals surface area contributed by atoms with Gasteiger partial charge >= 0.3 is 6.03 Å². The predicted octanol–water partition coefficient (Wildman–Crippen LogP) is 2.24. The summed E-state index contributed by atoms with van der Waals surface area (Å²) < 4.78 is 3.76. The maximum absolute atomic E-state index is 11.3. The Morgan fingerprint density at radius 1 is 1.43 bits per heavy atom. The highest BCUT2D eigenvalue weighted by Gasteiger charge is 2.04. The molecule has 0 fully saturated rings. The van der Waals surface area contributed by atoms with E-state index in [2.05, 4.69) is 20.0 Å². The van der Waals surface area contributed by atoms with Crippen LogP contribution in [0.15, 0.2) is 23.8 Å². The highest BCUT2D eigenvalue weighted by Crippen LogP contribution is 2.15. The number of aromatic nitrogens is 2. The van der Waals surface area contributed by atoms with Crippen molar-refractivity contribution in [2.24, 2.45) is 0 Å². The molecule has 0 aliphatic rings. The maximum atomic E-state index is 11.3. The van der Waals surface area contributed by atoms with Crippen molar-refractivity contribution < 1.29 is 4.79 Å². The van der Waals surface area contributed by atoms with Crippen LogP contribution in [-0.4, -0.2) is 15.4 Å². The van der Waals surface area contributed by atoms with Gasteiger partial charge in [0.05, 0.1) is 5.00 Å². The lowest BCUT2D eigenvalue weighted by atomic mass is 10.6. The fourth-order valence-corrected chi connectivity index (χ4v) is 1.86. The molecule has 72 valence electrons. The lowest BCUT2D eigenvalue weighted by Gasteiger charge is -2.00. The van der Waals surface area contributed by atoms with Crippen LogP contribution in [0.4, 0.5) is 14.9 Å². The number of rotatable bonds is 2. The zero-order chi connectivity index (χ0) is 9.80. The standard InChI is InChI=1S/C7H6N4OS2/c12-6(10-5-2-1-3-13-5)11-7-8-4-9-14-7/h1-4H,(H2,8,9,10,11,12). The van der Waals surface area contributed by atoms with Gasteiger partial charge in [-0.25, -0.2) is 9.78 Å². The lowest BCUT2D eigenvalue weighted by molar-refractivity contribution is 0.262. The first-order valence-electron chi connectivity index (χ1n) is 3.73. The molecule has 7 heteroatoms. The zero-order valence-electron chi connectivity index (χ0n) is 6.93. The van der Waals surface area contributed by atoms with Crippen molar-refractivity contribution in [2.45, 2.75) is 0 Å². The van der Waals surface area contributed by atoms with Gasteiger partial charge in [-0.3, -0.25) is 10.6 Å². The van der Waals surface area contributed by atoms with Gasteiger partial charge in [-0.15, -0.1) is 11.3 Å². The van der Waals surface area contributed by atoms with E-state index < -0.39 is 0 Å². The van der Waals surface area contributed by atoms with Gasteiger partial charge in [-0.05, 0) is 17.5 Å². The fraction of sp³-hybridized carbons (Fsp3) is 0. The Hall–Kier alpha value is -1.47. The first kappa shape index (κ1) is 9.10. The Labute approximate surface area is 88.0 Å². The normalized spacial score (nSPS) is 9.71. The monoisotopic (exact) mass is 226 g/mol. The van der Waals surface area contributed by atoms with Gasteiger partial charge in [0, 0.05) is 11.5 Å². The van der Waals surface area contributed by atoms with Crippen molar-refractivity contribution in [3.63, 3.8) is 0 Å². The quantitative estimate of drug-likeness (QED) is 0.825. The molecule has 2 aromatic rings. The molecule has 2 rings (SSSR count). The van der Waals surface area contributed by atoms with Gasteiger partial charge in [-0.1, -0.05) is 0 Å². The fourth-order valence-electron chi connectivity index (χ4n) is 0.818. The van der Waals surface area contributed by atoms with Gasteiger partial charge in [0.2, 0.25) is 5.13 Å². The highest BCUT2D eigenvalue weighted by molar-refractivity contribution is 7.14. The Morgan fingerprint density at radius 2 is 2.36 bits per heavy atom. The molecule has 5 nitrogen and oxygen atoms in total. The molecule has 0 radical (unpaired) electrons. The molecule has 0 saturated carbocycles. The van der Waals surface area contributed by atoms with Crippen LogP contribution in [0, 0.1) is 0 Å². The van der Waals surface area contributed by atoms with E-state index in [-0.39, 0.29) is 6.03 Å². The number of hydrogen-bond acceptors (Lipinski definition) is 5. The van der Waals surface area contributed by atoms with E-state index in [9.17, 15) is 4.79 Å². The number of amides is 2. The summed E-state index contributed by atoms with van der Waals surface area (Å²) in [5.74, 6) is 0. The molecule has 0 spiro atoms. The summed E-state index contributed by atoms with van der Waals surface area (Å²) in [5, 5.41) is 8.40. The van der Waals surface area contributed by atoms with Crippen LogP contribution >= 0.6 is 22.9 Å². The van der Waals surface area contributed by atoms with E-state index in [1.807, 2.05) is 17.5 Å². The van der Waals surface area contributed by atoms with Crippen molar-refractivity contribution in [3.8, 4) is 0 Å². The number of hydrogen-bond donors (Lipinski definition) is 2. The van der Waals surface area contributed by atoms with E-state index in [1.54, 1.807) is 0 Å². The van der Waals surface area contributed by atoms with Crippen molar-refractivity contribution >= 4 is 39.0 Å². The SMILES string of the molecule is O=C(Nc1cccs1)Nc1ncns1. The Kier molecular flexibility index (Phi) is 2.70. The molecule has 0 atom stereocenters. The van der Waals surface area contributed by atoms with Crippen LogP contribution in [-0.2, 0) is 0 Å². The molecule has 2 N–H and O–H groups in total. The van der Waals surface area contributed by atoms with Crippen molar-refractivity contribution in [1.29, 1.82) is 0 Å². The number of thiophene rings is 1. The summed E-state index contributed by atoms with van der Waals surface area (Å²) in [7, 11) is 0. The van der Waals surface area contributed by atoms with Crippen molar-refractivity contribution in [3.05, 3.63) is 23.8 Å². The molecule has 0 bridgehead atoms. The summed E-state index contributed by atoms with van der Waals surface area (Å²) >= 11 is 2.59. The van der Waals surface area contributed by atoms with Crippen LogP contribution in [0.2, 0.25) is 0 Å². The molecule has 2 heterocycles. The third-order valence-corrected chi connectivity index (χ3v) is 2.71. The average Bonchev–Trinajstić information content (AvgIpc) is 2.76. The Morgan fingerprint density at radius 3 is 3.00 bits per heavy atom. The van der Waals surface area contributed by atoms with E-state index in [4.69, 9.17) is 0 Å². The number of nitrogens with one attached hydrogen (secondary N) is 2. The molecule has 0 aliphatic heterocycles. The second-order valence-electron chi connectivity index (χ2n) is 2.30. The molecule has 14 heavy (non-hydrogen) atoms. The van der Waals surface area contributed by atoms with E-state index in [0.29, 0.717) is 5.13 Å². The van der Waals surface area contributed by atoms with Crippen LogP contribution in [0.1, 0.15) is 0 Å². The molecule has 0 saturated heterocycles. The summed E-state index contributed by atoms with van der Waals surface area (Å²) in [6, 6.07) is 3.39. The number of anilines is 2. The van der Waals surface area contributed by atoms with Crippen LogP contribution in [0.3, 0.4) is 0 Å². The molecule has 0 aromatic carbocycles. The van der Waals surface area contributed by atoms with Gasteiger partial charge in [0.1, 0.15) is 6.33 Å². The van der Waals surface area contributed by atoms with Gasteiger partial charge < -0.3 is 0 Å². The summed E-state index contributed by atoms with van der Waals surface area (Å²) in [4.78, 5) is 15.1. The molecule has 0 aliphatic carbocycles. The molecular weight excluding hydrogens is 220 g/mol. The Balaban J connectivity index is 1.91. The summed E-state index contributed by atoms with van der Waals surface area (Å²) in [6.45, 7) is 0. The number of nitrogens with zero attached hydrogens (tertiary/aromatic N) is 2. The Bertz CT molecular complexity index is 359. The van der Waals surface area contributed by atoms with E-state index in [0.717, 1.165) is 16.5 Å². The molecule has 0 unspecified atom stereocenters. The van der Waals surface area contributed by atoms with Crippen LogP contribution in [0.5, 0.6) is 0 Å². The van der Waals surface area contributed by atoms with Crippen molar-refractivity contribution in [1.82, 2.24) is 9.36 Å². The second-order valence-corrected chi connectivity index (χ2v) is 4.03. The highest BCUT2D eigenvalue weighted by atomic mass is 32.1. The second kappa shape index (κ2) is 4.16. The topological polar surface area (TPSA) is 66.9 Å². The van der Waals surface area contributed by atoms with Gasteiger partial charge in [0.25, 0.3) is 0 Å². The lowest BCUT2D eigenvalue weighted by Crippen LogP contribution is -2.18. The zero-order valence-corrected chi connectivity index (χ0v) is 8.56. The third kappa shape index (κ3) is 2.27. The third-order valence-electron chi connectivity index (χ3n) is 1.34. The minimum atomic E-state index is -0.302. The smallest absolute Gasteiger partial charge is 0.299 e. The molecule has 2 amide bonds. The van der Waals surface area contributed by atoms with Gasteiger partial charge in [0.15, 0.2) is 0 Å². The van der Waals surface area contributed by atoms with E-state index >= 15 is 0 Å². The van der Waals surface area contributed by atoms with Crippen LogP contribution in [0.25, 0.3) is 0 Å². The first-order chi connectivity index (χ1) is 6.84. The predicted molar refractivity (Wildman–Crippen MR) is 56.9 cm³/mol. The number of carbonyl (C=O) groups is 1. The summed E-state index contributed by atoms with van der Waals surface area (Å²) in [6.07, 6.45) is 1.39. The minimum Gasteiger partial charge on any atom is -0.299 e. The van der Waals surface area contributed by atoms with Gasteiger partial charge in [-0.2, -0.15) is 4.37 Å². The number of urea groups is 1. The summed E-state index contributed by atoms with van der Waals surface area (Å²) in [5.41, 5.74) is 0. The van der Waals surface area contributed by atoms with Crippen molar-refractivity contribution in [2.75, 3.05) is 10.6 Å². The molecular formula is C7H6N4OS2.